The van der Waals surface area contributed by atoms with Crippen molar-refractivity contribution in [2.75, 3.05) is 14.1 Å². The minimum Gasteiger partial charge on any atom is -0.359 e. The minimum absolute atomic E-state index is 0.0938. The van der Waals surface area contributed by atoms with Crippen LogP contribution < -0.4 is 15.8 Å². The zero-order valence-electron chi connectivity index (χ0n) is 10.1. The molecule has 0 aliphatic carbocycles. The molecule has 96 valence electrons. The number of rotatable bonds is 7. The molecule has 6 heteroatoms. The van der Waals surface area contributed by atoms with Gasteiger partial charge in [-0.1, -0.05) is 12.8 Å². The van der Waals surface area contributed by atoms with Crippen molar-refractivity contribution in [1.82, 2.24) is 10.6 Å². The quantitative estimate of drug-likeness (QED) is 0.394. The third-order valence-corrected chi connectivity index (χ3v) is 2.12. The van der Waals surface area contributed by atoms with Crippen LogP contribution in [0.2, 0.25) is 0 Å². The van der Waals surface area contributed by atoms with Gasteiger partial charge in [0, 0.05) is 26.9 Å². The molecule has 4 N–H and O–H groups in total. The van der Waals surface area contributed by atoms with Crippen LogP contribution in [-0.4, -0.2) is 25.9 Å². The second-order valence-electron chi connectivity index (χ2n) is 3.26. The van der Waals surface area contributed by atoms with Gasteiger partial charge in [0.25, 0.3) is 0 Å². The third kappa shape index (κ3) is 13.2. The lowest BCUT2D eigenvalue weighted by Gasteiger charge is -2.01. The standard InChI is InChI=1S/C10H20N2O2.H3NS/c1-11-9(13)7-5-3-4-6-8-10(14)12-2;1-2/h3-8H2,1-2H3,(H,11,13)(H,12,14);2H,1H2. The smallest absolute Gasteiger partial charge is 0.219 e. The molecule has 0 bridgehead atoms. The fourth-order valence-electron chi connectivity index (χ4n) is 1.17. The van der Waals surface area contributed by atoms with Crippen molar-refractivity contribution < 1.29 is 9.59 Å². The normalized spacial score (nSPS) is 8.75. The summed E-state index contributed by atoms with van der Waals surface area (Å²) in [7, 11) is 3.29. The number of amides is 2. The number of hydrogen-bond acceptors (Lipinski definition) is 4. The summed E-state index contributed by atoms with van der Waals surface area (Å²) < 4.78 is 0. The molecule has 0 aromatic heterocycles. The Kier molecular flexibility index (Phi) is 15.7. The molecule has 0 aliphatic rings. The average Bonchev–Trinajstić information content (AvgIpc) is 2.35. The van der Waals surface area contributed by atoms with Crippen LogP contribution in [0, 0.1) is 0 Å². The van der Waals surface area contributed by atoms with Gasteiger partial charge in [-0.05, 0) is 12.8 Å². The van der Waals surface area contributed by atoms with Gasteiger partial charge in [-0.25, -0.2) is 0 Å². The average molecular weight is 249 g/mol. The summed E-state index contributed by atoms with van der Waals surface area (Å²) in [5.74, 6) is 0.188. The lowest BCUT2D eigenvalue weighted by Crippen LogP contribution is -2.17. The summed E-state index contributed by atoms with van der Waals surface area (Å²) in [5.41, 5.74) is 0. The molecule has 0 saturated heterocycles. The summed E-state index contributed by atoms with van der Waals surface area (Å²) in [6.07, 6.45) is 5.04. The Bertz CT molecular complexity index is 169. The van der Waals surface area contributed by atoms with Crippen LogP contribution in [0.1, 0.15) is 38.5 Å². The fourth-order valence-corrected chi connectivity index (χ4v) is 1.17. The first-order valence-electron chi connectivity index (χ1n) is 5.37. The van der Waals surface area contributed by atoms with Crippen LogP contribution in [-0.2, 0) is 9.59 Å². The first-order chi connectivity index (χ1) is 7.70. The van der Waals surface area contributed by atoms with E-state index in [9.17, 15) is 9.59 Å². The molecule has 16 heavy (non-hydrogen) atoms. The highest BCUT2D eigenvalue weighted by molar-refractivity contribution is 7.77. The Labute approximate surface area is 103 Å². The highest BCUT2D eigenvalue weighted by Gasteiger charge is 1.99. The largest absolute Gasteiger partial charge is 0.359 e. The maximum Gasteiger partial charge on any atom is 0.219 e. The fraction of sp³-hybridized carbons (Fsp3) is 0.800. The third-order valence-electron chi connectivity index (χ3n) is 2.12. The summed E-state index contributed by atoms with van der Waals surface area (Å²) in [4.78, 5) is 21.6. The second kappa shape index (κ2) is 14.2. The molecule has 0 aromatic rings. The van der Waals surface area contributed by atoms with Gasteiger partial charge in [0.2, 0.25) is 11.8 Å². The maximum absolute atomic E-state index is 10.8. The molecule has 0 unspecified atom stereocenters. The predicted molar refractivity (Wildman–Crippen MR) is 69.0 cm³/mol. The van der Waals surface area contributed by atoms with Crippen molar-refractivity contribution in [1.29, 1.82) is 0 Å². The molecule has 0 fully saturated rings. The van der Waals surface area contributed by atoms with Gasteiger partial charge >= 0.3 is 0 Å². The molecule has 0 saturated carbocycles. The molecule has 5 nitrogen and oxygen atoms in total. The number of nitrogens with two attached hydrogens (primary N) is 1. The van der Waals surface area contributed by atoms with Gasteiger partial charge in [-0.2, -0.15) is 0 Å². The zero-order valence-corrected chi connectivity index (χ0v) is 11.0. The first kappa shape index (κ1) is 17.6. The summed E-state index contributed by atoms with van der Waals surface area (Å²) in [6.45, 7) is 0. The second-order valence-corrected chi connectivity index (χ2v) is 3.26. The molecule has 2 amide bonds. The number of thiol groups is 1. The van der Waals surface area contributed by atoms with Gasteiger partial charge < -0.3 is 10.6 Å². The first-order valence-corrected chi connectivity index (χ1v) is 5.89. The number of unbranched alkanes of at least 4 members (excludes halogenated alkanes) is 3. The zero-order chi connectivity index (χ0) is 12.8. The molecule has 0 atom stereocenters. The number of nitrogens with one attached hydrogen (secondary N) is 2. The van der Waals surface area contributed by atoms with Crippen molar-refractivity contribution in [3.63, 3.8) is 0 Å². The summed E-state index contributed by atoms with van der Waals surface area (Å²) in [6, 6.07) is 0. The van der Waals surface area contributed by atoms with Gasteiger partial charge in [0.1, 0.15) is 0 Å². The van der Waals surface area contributed by atoms with E-state index >= 15 is 0 Å². The Morgan fingerprint density at radius 1 is 0.875 bits per heavy atom. The van der Waals surface area contributed by atoms with Crippen molar-refractivity contribution in [2.24, 2.45) is 5.14 Å². The number of carbonyl (C=O) groups excluding carboxylic acids is 2. The topological polar surface area (TPSA) is 84.2 Å². The lowest BCUT2D eigenvalue weighted by atomic mass is 10.1. The molecule has 0 aliphatic heterocycles. The number of hydrogen-bond donors (Lipinski definition) is 4. The van der Waals surface area contributed by atoms with Crippen molar-refractivity contribution >= 4 is 24.6 Å². The molecule has 0 spiro atoms. The molecule has 0 rings (SSSR count). The van der Waals surface area contributed by atoms with E-state index in [0.29, 0.717) is 12.8 Å². The van der Waals surface area contributed by atoms with E-state index in [2.05, 4.69) is 28.6 Å². The van der Waals surface area contributed by atoms with Crippen LogP contribution in [0.3, 0.4) is 0 Å². The number of carbonyl (C=O) groups is 2. The van der Waals surface area contributed by atoms with E-state index in [1.165, 1.54) is 0 Å². The van der Waals surface area contributed by atoms with Gasteiger partial charge in [-0.15, -0.1) is 12.8 Å². The highest BCUT2D eigenvalue weighted by atomic mass is 32.1. The SMILES string of the molecule is CNC(=O)CCCCCCC(=O)NC.NS. The molecule has 0 aromatic carbocycles. The molecule has 0 radical (unpaired) electrons. The van der Waals surface area contributed by atoms with Crippen LogP contribution in [0.25, 0.3) is 0 Å². The summed E-state index contributed by atoms with van der Waals surface area (Å²) in [5, 5.41) is 9.35. The van der Waals surface area contributed by atoms with E-state index in [0.717, 1.165) is 25.7 Å². The Hall–Kier alpha value is -0.750. The van der Waals surface area contributed by atoms with E-state index < -0.39 is 0 Å². The van der Waals surface area contributed by atoms with E-state index in [1.54, 1.807) is 14.1 Å². The van der Waals surface area contributed by atoms with Crippen molar-refractivity contribution in [3.05, 3.63) is 0 Å². The molecular weight excluding hydrogens is 226 g/mol. The monoisotopic (exact) mass is 249 g/mol. The summed E-state index contributed by atoms with van der Waals surface area (Å²) >= 11 is 3.03. The van der Waals surface area contributed by atoms with Gasteiger partial charge in [0.15, 0.2) is 0 Å². The lowest BCUT2D eigenvalue weighted by molar-refractivity contribution is -0.121. The van der Waals surface area contributed by atoms with Crippen molar-refractivity contribution in [2.45, 2.75) is 38.5 Å². The Morgan fingerprint density at radius 2 is 1.19 bits per heavy atom. The van der Waals surface area contributed by atoms with E-state index in [1.807, 2.05) is 0 Å². The van der Waals surface area contributed by atoms with Crippen molar-refractivity contribution in [3.8, 4) is 0 Å². The Morgan fingerprint density at radius 3 is 1.44 bits per heavy atom. The van der Waals surface area contributed by atoms with Gasteiger partial charge in [-0.3, -0.25) is 14.7 Å². The van der Waals surface area contributed by atoms with Crippen LogP contribution in [0.4, 0.5) is 0 Å². The van der Waals surface area contributed by atoms with Crippen LogP contribution >= 0.6 is 12.8 Å². The van der Waals surface area contributed by atoms with Crippen LogP contribution in [0.15, 0.2) is 0 Å². The highest BCUT2D eigenvalue weighted by Crippen LogP contribution is 2.04. The molecule has 0 heterocycles. The van der Waals surface area contributed by atoms with Gasteiger partial charge in [0.05, 0.1) is 0 Å². The maximum atomic E-state index is 10.8. The van der Waals surface area contributed by atoms with Crippen LogP contribution in [0.5, 0.6) is 0 Å². The molecular formula is C10H23N3O2S. The van der Waals surface area contributed by atoms with E-state index in [-0.39, 0.29) is 11.8 Å². The predicted octanol–water partition coefficient (Wildman–Crippen LogP) is 0.609. The minimum atomic E-state index is 0.0938. The van der Waals surface area contributed by atoms with E-state index in [4.69, 9.17) is 0 Å². The Balaban J connectivity index is 0.